The number of nitrogens with two attached hydrogens (primary N) is 1. The number of rotatable bonds is 8. The van der Waals surface area contributed by atoms with E-state index in [1.54, 1.807) is 14.2 Å². The molecular formula is C14H23N3O2. The van der Waals surface area contributed by atoms with Crippen molar-refractivity contribution in [3.05, 3.63) is 24.3 Å². The smallest absolute Gasteiger partial charge is 0.221 e. The van der Waals surface area contributed by atoms with Crippen molar-refractivity contribution < 1.29 is 9.53 Å². The van der Waals surface area contributed by atoms with Crippen LogP contribution in [-0.4, -0.2) is 39.7 Å². The first kappa shape index (κ1) is 15.3. The van der Waals surface area contributed by atoms with Gasteiger partial charge in [0, 0.05) is 32.2 Å². The predicted molar refractivity (Wildman–Crippen MR) is 77.6 cm³/mol. The van der Waals surface area contributed by atoms with Gasteiger partial charge in [-0.1, -0.05) is 0 Å². The molecule has 3 N–H and O–H groups in total. The number of nitrogens with one attached hydrogen (secondary N) is 1. The Labute approximate surface area is 114 Å². The van der Waals surface area contributed by atoms with Gasteiger partial charge in [0.2, 0.25) is 5.91 Å². The lowest BCUT2D eigenvalue weighted by atomic mass is 10.2. The molecule has 5 heteroatoms. The first-order chi connectivity index (χ1) is 9.21. The van der Waals surface area contributed by atoms with Crippen molar-refractivity contribution in [2.45, 2.75) is 12.8 Å². The van der Waals surface area contributed by atoms with Crippen LogP contribution < -0.4 is 20.7 Å². The molecule has 0 saturated heterocycles. The number of carbonyl (C=O) groups is 1. The molecule has 0 bridgehead atoms. The van der Waals surface area contributed by atoms with E-state index in [1.165, 1.54) is 0 Å². The van der Waals surface area contributed by atoms with E-state index in [9.17, 15) is 4.79 Å². The molecule has 0 spiro atoms. The summed E-state index contributed by atoms with van der Waals surface area (Å²) in [5.74, 6) is 0.875. The lowest BCUT2D eigenvalue weighted by molar-refractivity contribution is -0.120. The van der Waals surface area contributed by atoms with Crippen LogP contribution in [0, 0.1) is 0 Å². The molecule has 1 aromatic rings. The minimum absolute atomic E-state index is 0.0475. The maximum atomic E-state index is 11.3. The van der Waals surface area contributed by atoms with Gasteiger partial charge in [0.25, 0.3) is 0 Å². The van der Waals surface area contributed by atoms with Gasteiger partial charge < -0.3 is 20.7 Å². The molecule has 1 aromatic carbocycles. The third-order valence-electron chi connectivity index (χ3n) is 2.96. The molecule has 0 radical (unpaired) electrons. The molecule has 0 unspecified atom stereocenters. The quantitative estimate of drug-likeness (QED) is 0.735. The lowest BCUT2D eigenvalue weighted by Gasteiger charge is -2.24. The number of amides is 1. The maximum Gasteiger partial charge on any atom is 0.221 e. The second kappa shape index (κ2) is 8.37. The van der Waals surface area contributed by atoms with E-state index in [1.807, 2.05) is 24.3 Å². The number of hydrogen-bond acceptors (Lipinski definition) is 4. The highest BCUT2D eigenvalue weighted by Crippen LogP contribution is 2.19. The standard InChI is InChI=1S/C14H23N3O2/c1-16-14(18)8-11-17(10-3-9-15)12-4-6-13(19-2)7-5-12/h4-7H,3,8-11,15H2,1-2H3,(H,16,18). The Kier molecular flexibility index (Phi) is 6.74. The summed E-state index contributed by atoms with van der Waals surface area (Å²) in [6.45, 7) is 2.18. The SMILES string of the molecule is CNC(=O)CCN(CCCN)c1ccc(OC)cc1. The van der Waals surface area contributed by atoms with Crippen LogP contribution in [0.4, 0.5) is 5.69 Å². The molecule has 0 aliphatic carbocycles. The second-order valence-corrected chi connectivity index (χ2v) is 4.25. The molecule has 5 nitrogen and oxygen atoms in total. The summed E-state index contributed by atoms with van der Waals surface area (Å²) >= 11 is 0. The van der Waals surface area contributed by atoms with Crippen molar-refractivity contribution in [2.24, 2.45) is 5.73 Å². The van der Waals surface area contributed by atoms with E-state index in [0.29, 0.717) is 19.5 Å². The summed E-state index contributed by atoms with van der Waals surface area (Å²) in [4.78, 5) is 13.5. The summed E-state index contributed by atoms with van der Waals surface area (Å²) in [7, 11) is 3.30. The fourth-order valence-electron chi connectivity index (χ4n) is 1.81. The maximum absolute atomic E-state index is 11.3. The largest absolute Gasteiger partial charge is 0.497 e. The highest BCUT2D eigenvalue weighted by atomic mass is 16.5. The van der Waals surface area contributed by atoms with E-state index in [-0.39, 0.29) is 5.91 Å². The van der Waals surface area contributed by atoms with Crippen molar-refractivity contribution >= 4 is 11.6 Å². The Balaban J connectivity index is 2.67. The zero-order chi connectivity index (χ0) is 14.1. The molecule has 1 rings (SSSR count). The van der Waals surface area contributed by atoms with Crippen LogP contribution in [0.1, 0.15) is 12.8 Å². The van der Waals surface area contributed by atoms with Crippen LogP contribution in [-0.2, 0) is 4.79 Å². The van der Waals surface area contributed by atoms with E-state index in [4.69, 9.17) is 10.5 Å². The monoisotopic (exact) mass is 265 g/mol. The van der Waals surface area contributed by atoms with E-state index < -0.39 is 0 Å². The average Bonchev–Trinajstić information content (AvgIpc) is 2.47. The van der Waals surface area contributed by atoms with Gasteiger partial charge in [-0.05, 0) is 37.2 Å². The number of nitrogens with zero attached hydrogens (tertiary/aromatic N) is 1. The van der Waals surface area contributed by atoms with Crippen LogP contribution in [0.2, 0.25) is 0 Å². The van der Waals surface area contributed by atoms with Crippen LogP contribution in [0.15, 0.2) is 24.3 Å². The van der Waals surface area contributed by atoms with Crippen LogP contribution in [0.25, 0.3) is 0 Å². The average molecular weight is 265 g/mol. The number of benzene rings is 1. The highest BCUT2D eigenvalue weighted by molar-refractivity contribution is 5.76. The summed E-state index contributed by atoms with van der Waals surface area (Å²) in [6, 6.07) is 7.84. The van der Waals surface area contributed by atoms with E-state index in [2.05, 4.69) is 10.2 Å². The van der Waals surface area contributed by atoms with Crippen molar-refractivity contribution in [1.82, 2.24) is 5.32 Å². The molecule has 19 heavy (non-hydrogen) atoms. The zero-order valence-electron chi connectivity index (χ0n) is 11.7. The Morgan fingerprint density at radius 1 is 1.32 bits per heavy atom. The van der Waals surface area contributed by atoms with Gasteiger partial charge in [-0.25, -0.2) is 0 Å². The molecule has 0 atom stereocenters. The lowest BCUT2D eigenvalue weighted by Crippen LogP contribution is -2.31. The Morgan fingerprint density at radius 3 is 2.53 bits per heavy atom. The molecule has 0 fully saturated rings. The van der Waals surface area contributed by atoms with Gasteiger partial charge in [-0.15, -0.1) is 0 Å². The number of hydrogen-bond donors (Lipinski definition) is 2. The summed E-state index contributed by atoms with van der Waals surface area (Å²) in [5.41, 5.74) is 6.64. The highest BCUT2D eigenvalue weighted by Gasteiger charge is 2.08. The number of ether oxygens (including phenoxy) is 1. The van der Waals surface area contributed by atoms with Gasteiger partial charge in [-0.2, -0.15) is 0 Å². The predicted octanol–water partition coefficient (Wildman–Crippen LogP) is 0.987. The van der Waals surface area contributed by atoms with E-state index >= 15 is 0 Å². The third kappa shape index (κ3) is 5.18. The number of methoxy groups -OCH3 is 1. The minimum atomic E-state index is 0.0475. The van der Waals surface area contributed by atoms with Crippen molar-refractivity contribution in [1.29, 1.82) is 0 Å². The van der Waals surface area contributed by atoms with Crippen LogP contribution in [0.3, 0.4) is 0 Å². The van der Waals surface area contributed by atoms with Crippen LogP contribution >= 0.6 is 0 Å². The molecule has 1 amide bonds. The zero-order valence-corrected chi connectivity index (χ0v) is 11.7. The number of anilines is 1. The van der Waals surface area contributed by atoms with E-state index in [0.717, 1.165) is 24.4 Å². The fraction of sp³-hybridized carbons (Fsp3) is 0.500. The van der Waals surface area contributed by atoms with Crippen molar-refractivity contribution in [2.75, 3.05) is 38.7 Å². The molecule has 0 heterocycles. The Morgan fingerprint density at radius 2 is 2.00 bits per heavy atom. The number of carbonyl (C=O) groups excluding carboxylic acids is 1. The summed E-state index contributed by atoms with van der Waals surface area (Å²) < 4.78 is 5.14. The molecule has 0 aliphatic heterocycles. The second-order valence-electron chi connectivity index (χ2n) is 4.25. The van der Waals surface area contributed by atoms with Crippen molar-refractivity contribution in [3.63, 3.8) is 0 Å². The van der Waals surface area contributed by atoms with Gasteiger partial charge in [0.1, 0.15) is 5.75 Å². The first-order valence-corrected chi connectivity index (χ1v) is 6.51. The topological polar surface area (TPSA) is 67.6 Å². The third-order valence-corrected chi connectivity index (χ3v) is 2.96. The summed E-state index contributed by atoms with van der Waals surface area (Å²) in [6.07, 6.45) is 1.38. The first-order valence-electron chi connectivity index (χ1n) is 6.51. The van der Waals surface area contributed by atoms with Crippen molar-refractivity contribution in [3.8, 4) is 5.75 Å². The Hall–Kier alpha value is -1.75. The molecule has 106 valence electrons. The van der Waals surface area contributed by atoms with Gasteiger partial charge in [-0.3, -0.25) is 4.79 Å². The normalized spacial score (nSPS) is 10.1. The van der Waals surface area contributed by atoms with Gasteiger partial charge in [0.15, 0.2) is 0 Å². The van der Waals surface area contributed by atoms with Gasteiger partial charge in [0.05, 0.1) is 7.11 Å². The molecule has 0 saturated carbocycles. The molecule has 0 aromatic heterocycles. The fourth-order valence-corrected chi connectivity index (χ4v) is 1.81. The summed E-state index contributed by atoms with van der Waals surface area (Å²) in [5, 5.41) is 2.64. The Bertz CT molecular complexity index is 379. The van der Waals surface area contributed by atoms with Crippen LogP contribution in [0.5, 0.6) is 5.75 Å². The molecular weight excluding hydrogens is 242 g/mol. The minimum Gasteiger partial charge on any atom is -0.497 e. The van der Waals surface area contributed by atoms with Gasteiger partial charge >= 0.3 is 0 Å². The molecule has 0 aliphatic rings.